The summed E-state index contributed by atoms with van der Waals surface area (Å²) >= 11 is 7.37. The number of aromatic nitrogens is 2. The van der Waals surface area contributed by atoms with Crippen molar-refractivity contribution < 1.29 is 9.21 Å². The number of carbonyl (C=O) groups excluding carboxylic acids is 1. The average Bonchev–Trinajstić information content (AvgIpc) is 3.31. The minimum atomic E-state index is -0.239. The molecule has 1 aromatic carbocycles. The Balaban J connectivity index is 1.61. The quantitative estimate of drug-likeness (QED) is 0.475. The van der Waals surface area contributed by atoms with E-state index < -0.39 is 0 Å². The minimum absolute atomic E-state index is 0.0894. The van der Waals surface area contributed by atoms with Crippen LogP contribution in [0, 0.1) is 6.92 Å². The first-order valence-electron chi connectivity index (χ1n) is 8.94. The maximum Gasteiger partial charge on any atom is 0.263 e. The summed E-state index contributed by atoms with van der Waals surface area (Å²) in [4.78, 5) is 32.3. The van der Waals surface area contributed by atoms with E-state index >= 15 is 0 Å². The lowest BCUT2D eigenvalue weighted by Crippen LogP contribution is -2.33. The van der Waals surface area contributed by atoms with E-state index in [-0.39, 0.29) is 18.0 Å². The molecule has 0 aliphatic carbocycles. The maximum atomic E-state index is 13.1. The van der Waals surface area contributed by atoms with Crippen LogP contribution in [0.3, 0.4) is 0 Å². The number of aryl methyl sites for hydroxylation is 1. The highest BCUT2D eigenvalue weighted by Gasteiger charge is 2.17. The second-order valence-corrected chi connectivity index (χ2v) is 8.07. The third-order valence-corrected chi connectivity index (χ3v) is 5.77. The fraction of sp³-hybridized carbons (Fsp3) is 0.190. The van der Waals surface area contributed by atoms with Crippen LogP contribution in [-0.4, -0.2) is 27.4 Å². The molecule has 0 radical (unpaired) electrons. The Labute approximate surface area is 176 Å². The molecule has 0 aliphatic heterocycles. The van der Waals surface area contributed by atoms with Gasteiger partial charge in [-0.1, -0.05) is 23.7 Å². The Morgan fingerprint density at radius 2 is 2.00 bits per heavy atom. The van der Waals surface area contributed by atoms with Crippen LogP contribution in [0.4, 0.5) is 0 Å². The number of hydrogen-bond donors (Lipinski definition) is 0. The molecule has 3 aromatic heterocycles. The molecule has 4 rings (SSSR count). The number of nitrogens with zero attached hydrogens (tertiary/aromatic N) is 3. The molecular weight excluding hydrogens is 410 g/mol. The van der Waals surface area contributed by atoms with Crippen molar-refractivity contribution in [3.05, 3.63) is 75.0 Å². The fourth-order valence-corrected chi connectivity index (χ4v) is 4.11. The Hall–Kier alpha value is -2.90. The molecule has 1 amide bonds. The van der Waals surface area contributed by atoms with E-state index in [9.17, 15) is 9.59 Å². The van der Waals surface area contributed by atoms with E-state index in [1.807, 2.05) is 36.6 Å². The van der Waals surface area contributed by atoms with Crippen LogP contribution >= 0.6 is 22.9 Å². The standard InChI is InChI=1S/C21H18ClN3O3S/c1-13-3-8-16(28-13)9-24(2)18(26)10-25-12-23-20-19(21(25)27)17(11-29-20)14-4-6-15(22)7-5-14/h3-8,11-12H,9-10H2,1-2H3. The summed E-state index contributed by atoms with van der Waals surface area (Å²) in [5, 5.41) is 3.04. The van der Waals surface area contributed by atoms with Crippen LogP contribution < -0.4 is 5.56 Å². The molecule has 148 valence electrons. The second kappa shape index (κ2) is 7.85. The molecule has 0 atom stereocenters. The van der Waals surface area contributed by atoms with Gasteiger partial charge in [-0.15, -0.1) is 11.3 Å². The highest BCUT2D eigenvalue weighted by molar-refractivity contribution is 7.17. The van der Waals surface area contributed by atoms with Gasteiger partial charge in [0, 0.05) is 23.0 Å². The van der Waals surface area contributed by atoms with Crippen molar-refractivity contribution in [2.75, 3.05) is 7.05 Å². The average molecular weight is 428 g/mol. The van der Waals surface area contributed by atoms with E-state index in [0.29, 0.717) is 27.5 Å². The third kappa shape index (κ3) is 3.97. The Bertz CT molecular complexity index is 1240. The Morgan fingerprint density at radius 3 is 2.69 bits per heavy atom. The molecule has 8 heteroatoms. The molecule has 4 aromatic rings. The first kappa shape index (κ1) is 19.4. The van der Waals surface area contributed by atoms with Gasteiger partial charge in [0.25, 0.3) is 5.56 Å². The van der Waals surface area contributed by atoms with E-state index in [1.54, 1.807) is 19.2 Å². The zero-order chi connectivity index (χ0) is 20.5. The van der Waals surface area contributed by atoms with Gasteiger partial charge in [-0.05, 0) is 36.8 Å². The van der Waals surface area contributed by atoms with Gasteiger partial charge in [0.2, 0.25) is 5.91 Å². The van der Waals surface area contributed by atoms with Crippen molar-refractivity contribution in [3.8, 4) is 11.1 Å². The van der Waals surface area contributed by atoms with Crippen molar-refractivity contribution >= 4 is 39.1 Å². The molecule has 0 saturated heterocycles. The number of benzene rings is 1. The molecule has 0 N–H and O–H groups in total. The summed E-state index contributed by atoms with van der Waals surface area (Å²) in [6.45, 7) is 2.10. The zero-order valence-electron chi connectivity index (χ0n) is 15.9. The lowest BCUT2D eigenvalue weighted by atomic mass is 10.1. The summed E-state index contributed by atoms with van der Waals surface area (Å²) in [7, 11) is 1.68. The lowest BCUT2D eigenvalue weighted by molar-refractivity contribution is -0.131. The minimum Gasteiger partial charge on any atom is -0.464 e. The van der Waals surface area contributed by atoms with Crippen LogP contribution in [-0.2, 0) is 17.9 Å². The van der Waals surface area contributed by atoms with Gasteiger partial charge < -0.3 is 9.32 Å². The number of halogens is 1. The largest absolute Gasteiger partial charge is 0.464 e. The molecular formula is C21H18ClN3O3S. The van der Waals surface area contributed by atoms with Gasteiger partial charge in [0.05, 0.1) is 18.3 Å². The van der Waals surface area contributed by atoms with Crippen LogP contribution in [0.1, 0.15) is 11.5 Å². The van der Waals surface area contributed by atoms with Crippen LogP contribution in [0.15, 0.2) is 57.3 Å². The highest BCUT2D eigenvalue weighted by Crippen LogP contribution is 2.31. The van der Waals surface area contributed by atoms with Gasteiger partial charge in [-0.2, -0.15) is 0 Å². The van der Waals surface area contributed by atoms with Gasteiger partial charge in [-0.3, -0.25) is 14.2 Å². The molecule has 0 unspecified atom stereocenters. The summed E-state index contributed by atoms with van der Waals surface area (Å²) in [6, 6.07) is 11.0. The number of hydrogen-bond acceptors (Lipinski definition) is 5. The van der Waals surface area contributed by atoms with Gasteiger partial charge >= 0.3 is 0 Å². The van der Waals surface area contributed by atoms with Crippen molar-refractivity contribution in [2.24, 2.45) is 0 Å². The monoisotopic (exact) mass is 427 g/mol. The van der Waals surface area contributed by atoms with E-state index in [4.69, 9.17) is 16.0 Å². The number of likely N-dealkylation sites (N-methyl/N-ethyl adjacent to an activating group) is 1. The van der Waals surface area contributed by atoms with Gasteiger partial charge in [0.1, 0.15) is 22.9 Å². The SMILES string of the molecule is Cc1ccc(CN(C)C(=O)Cn2cnc3scc(-c4ccc(Cl)cc4)c3c2=O)o1. The van der Waals surface area contributed by atoms with Crippen LogP contribution in [0.5, 0.6) is 0 Å². The normalized spacial score (nSPS) is 11.1. The van der Waals surface area contributed by atoms with Crippen molar-refractivity contribution in [2.45, 2.75) is 20.0 Å². The highest BCUT2D eigenvalue weighted by atomic mass is 35.5. The van der Waals surface area contributed by atoms with Crippen LogP contribution in [0.25, 0.3) is 21.3 Å². The smallest absolute Gasteiger partial charge is 0.263 e. The number of amides is 1. The molecule has 3 heterocycles. The second-order valence-electron chi connectivity index (χ2n) is 6.78. The van der Waals surface area contributed by atoms with E-state index in [2.05, 4.69) is 4.98 Å². The molecule has 0 bridgehead atoms. The van der Waals surface area contributed by atoms with Crippen molar-refractivity contribution in [1.29, 1.82) is 0 Å². The number of carbonyl (C=O) groups is 1. The predicted octanol–water partition coefficient (Wildman–Crippen LogP) is 4.34. The molecule has 29 heavy (non-hydrogen) atoms. The first-order valence-corrected chi connectivity index (χ1v) is 10.2. The zero-order valence-corrected chi connectivity index (χ0v) is 17.5. The molecule has 0 aliphatic rings. The number of thiophene rings is 1. The third-order valence-electron chi connectivity index (χ3n) is 4.64. The summed E-state index contributed by atoms with van der Waals surface area (Å²) < 4.78 is 6.86. The van der Waals surface area contributed by atoms with E-state index in [0.717, 1.165) is 16.9 Å². The molecule has 0 fully saturated rings. The molecule has 0 spiro atoms. The van der Waals surface area contributed by atoms with Crippen molar-refractivity contribution in [3.63, 3.8) is 0 Å². The molecule has 6 nitrogen and oxygen atoms in total. The fourth-order valence-electron chi connectivity index (χ4n) is 3.08. The first-order chi connectivity index (χ1) is 13.9. The van der Waals surface area contributed by atoms with E-state index in [1.165, 1.54) is 27.1 Å². The Kier molecular flexibility index (Phi) is 5.25. The summed E-state index contributed by atoms with van der Waals surface area (Å²) in [6.07, 6.45) is 1.43. The number of rotatable bonds is 5. The topological polar surface area (TPSA) is 68.3 Å². The number of furan rings is 1. The van der Waals surface area contributed by atoms with Crippen molar-refractivity contribution in [1.82, 2.24) is 14.5 Å². The predicted molar refractivity (Wildman–Crippen MR) is 114 cm³/mol. The summed E-state index contributed by atoms with van der Waals surface area (Å²) in [5.74, 6) is 1.28. The number of fused-ring (bicyclic) bond motifs is 1. The summed E-state index contributed by atoms with van der Waals surface area (Å²) in [5.41, 5.74) is 1.44. The Morgan fingerprint density at radius 1 is 1.24 bits per heavy atom. The molecule has 0 saturated carbocycles. The van der Waals surface area contributed by atoms with Gasteiger partial charge in [0.15, 0.2) is 0 Å². The van der Waals surface area contributed by atoms with Crippen LogP contribution in [0.2, 0.25) is 5.02 Å². The van der Waals surface area contributed by atoms with Gasteiger partial charge in [-0.25, -0.2) is 4.98 Å². The lowest BCUT2D eigenvalue weighted by Gasteiger charge is -2.16. The maximum absolute atomic E-state index is 13.1.